The second-order valence-corrected chi connectivity index (χ2v) is 6.03. The van der Waals surface area contributed by atoms with Crippen LogP contribution in [-0.4, -0.2) is 26.1 Å². The summed E-state index contributed by atoms with van der Waals surface area (Å²) in [6.45, 7) is 1.60. The first-order valence-corrected chi connectivity index (χ1v) is 8.36. The van der Waals surface area contributed by atoms with E-state index in [1.165, 1.54) is 12.4 Å². The highest BCUT2D eigenvalue weighted by atomic mass is 19.4. The molecular formula is C19H15F3N6O. The number of halogens is 3. The molecule has 1 unspecified atom stereocenters. The largest absolute Gasteiger partial charge is 0.420 e. The van der Waals surface area contributed by atoms with Gasteiger partial charge in [0.2, 0.25) is 11.9 Å². The first kappa shape index (κ1) is 19.9. The van der Waals surface area contributed by atoms with Gasteiger partial charge in [0.15, 0.2) is 0 Å². The second-order valence-electron chi connectivity index (χ2n) is 6.03. The first-order valence-electron chi connectivity index (χ1n) is 8.36. The SMILES string of the molecule is CC(C(N)=O)c1ccccc1C#Cc1nc(Nc2cn[nH]c2)ncc1C(F)(F)F. The average Bonchev–Trinajstić information content (AvgIpc) is 3.18. The third-order valence-corrected chi connectivity index (χ3v) is 4.02. The van der Waals surface area contributed by atoms with Gasteiger partial charge in [0.1, 0.15) is 11.3 Å². The molecule has 4 N–H and O–H groups in total. The molecule has 3 aromatic rings. The molecule has 2 heterocycles. The van der Waals surface area contributed by atoms with Crippen LogP contribution in [0.25, 0.3) is 0 Å². The van der Waals surface area contributed by atoms with Gasteiger partial charge in [-0.3, -0.25) is 9.89 Å². The molecule has 0 radical (unpaired) electrons. The van der Waals surface area contributed by atoms with Crippen molar-refractivity contribution in [1.29, 1.82) is 0 Å². The third-order valence-electron chi connectivity index (χ3n) is 4.02. The number of carbonyl (C=O) groups excluding carboxylic acids is 1. The van der Waals surface area contributed by atoms with E-state index in [0.717, 1.165) is 0 Å². The van der Waals surface area contributed by atoms with E-state index < -0.39 is 29.3 Å². The lowest BCUT2D eigenvalue weighted by Gasteiger charge is -2.11. The highest BCUT2D eigenvalue weighted by Gasteiger charge is 2.34. The minimum absolute atomic E-state index is 0.0671. The molecular weight excluding hydrogens is 385 g/mol. The van der Waals surface area contributed by atoms with Crippen molar-refractivity contribution in [2.24, 2.45) is 5.73 Å². The molecule has 3 rings (SSSR count). The Hall–Kier alpha value is -3.87. The summed E-state index contributed by atoms with van der Waals surface area (Å²) in [7, 11) is 0. The number of nitrogens with one attached hydrogen (secondary N) is 2. The van der Waals surface area contributed by atoms with Gasteiger partial charge in [-0.05, 0) is 24.5 Å². The highest BCUT2D eigenvalue weighted by Crippen LogP contribution is 2.31. The number of primary amides is 1. The quantitative estimate of drug-likeness (QED) is 0.584. The summed E-state index contributed by atoms with van der Waals surface area (Å²) >= 11 is 0. The van der Waals surface area contributed by atoms with E-state index in [2.05, 4.69) is 37.3 Å². The van der Waals surface area contributed by atoms with E-state index in [4.69, 9.17) is 5.73 Å². The summed E-state index contributed by atoms with van der Waals surface area (Å²) < 4.78 is 40.1. The Morgan fingerprint density at radius 2 is 2.00 bits per heavy atom. The van der Waals surface area contributed by atoms with Crippen LogP contribution in [0.1, 0.15) is 35.2 Å². The first-order chi connectivity index (χ1) is 13.8. The predicted molar refractivity (Wildman–Crippen MR) is 98.9 cm³/mol. The van der Waals surface area contributed by atoms with Gasteiger partial charge in [0.25, 0.3) is 0 Å². The van der Waals surface area contributed by atoms with Crippen molar-refractivity contribution in [3.63, 3.8) is 0 Å². The number of nitrogens with zero attached hydrogens (tertiary/aromatic N) is 3. The van der Waals surface area contributed by atoms with Crippen molar-refractivity contribution in [2.45, 2.75) is 19.0 Å². The molecule has 0 bridgehead atoms. The zero-order chi connectivity index (χ0) is 21.0. The van der Waals surface area contributed by atoms with E-state index in [1.807, 2.05) is 0 Å². The number of benzene rings is 1. The molecule has 2 aromatic heterocycles. The van der Waals surface area contributed by atoms with Gasteiger partial charge in [-0.1, -0.05) is 24.1 Å². The maximum absolute atomic E-state index is 13.4. The van der Waals surface area contributed by atoms with Crippen molar-refractivity contribution in [3.05, 3.63) is 65.2 Å². The molecule has 1 atom stereocenters. The normalized spacial score (nSPS) is 12.0. The molecule has 0 fully saturated rings. The number of carbonyl (C=O) groups is 1. The lowest BCUT2D eigenvalue weighted by atomic mass is 9.95. The number of aromatic nitrogens is 4. The number of aromatic amines is 1. The molecule has 148 valence electrons. The number of rotatable bonds is 4. The molecule has 0 aliphatic rings. The lowest BCUT2D eigenvalue weighted by molar-refractivity contribution is -0.138. The zero-order valence-corrected chi connectivity index (χ0v) is 15.1. The van der Waals surface area contributed by atoms with Crippen LogP contribution in [0.5, 0.6) is 0 Å². The Balaban J connectivity index is 2.04. The molecule has 7 nitrogen and oxygen atoms in total. The van der Waals surface area contributed by atoms with Crippen LogP contribution in [0.2, 0.25) is 0 Å². The third kappa shape index (κ3) is 4.70. The highest BCUT2D eigenvalue weighted by molar-refractivity contribution is 5.82. The van der Waals surface area contributed by atoms with Gasteiger partial charge in [-0.25, -0.2) is 9.97 Å². The van der Waals surface area contributed by atoms with Gasteiger partial charge >= 0.3 is 6.18 Å². The minimum Gasteiger partial charge on any atom is -0.369 e. The average molecular weight is 400 g/mol. The zero-order valence-electron chi connectivity index (χ0n) is 15.1. The fourth-order valence-corrected chi connectivity index (χ4v) is 2.46. The van der Waals surface area contributed by atoms with Crippen LogP contribution in [0, 0.1) is 11.8 Å². The van der Waals surface area contributed by atoms with Gasteiger partial charge in [-0.15, -0.1) is 0 Å². The topological polar surface area (TPSA) is 110 Å². The van der Waals surface area contributed by atoms with Crippen molar-refractivity contribution in [3.8, 4) is 11.8 Å². The van der Waals surface area contributed by atoms with E-state index in [-0.39, 0.29) is 5.95 Å². The fourth-order valence-electron chi connectivity index (χ4n) is 2.46. The number of hydrogen-bond acceptors (Lipinski definition) is 5. The van der Waals surface area contributed by atoms with Crippen LogP contribution >= 0.6 is 0 Å². The van der Waals surface area contributed by atoms with Crippen LogP contribution in [-0.2, 0) is 11.0 Å². The predicted octanol–water partition coefficient (Wildman–Crippen LogP) is 2.95. The summed E-state index contributed by atoms with van der Waals surface area (Å²) in [5.74, 6) is 3.84. The van der Waals surface area contributed by atoms with E-state index in [0.29, 0.717) is 23.0 Å². The Bertz CT molecular complexity index is 1080. The van der Waals surface area contributed by atoms with Crippen LogP contribution in [0.3, 0.4) is 0 Å². The molecule has 0 saturated heterocycles. The maximum Gasteiger partial charge on any atom is 0.420 e. The number of nitrogens with two attached hydrogens (primary N) is 1. The van der Waals surface area contributed by atoms with Crippen LogP contribution in [0.15, 0.2) is 42.9 Å². The molecule has 1 aromatic carbocycles. The molecule has 10 heteroatoms. The number of alkyl halides is 3. The summed E-state index contributed by atoms with van der Waals surface area (Å²) in [5, 5.41) is 9.02. The summed E-state index contributed by atoms with van der Waals surface area (Å²) in [6, 6.07) is 6.60. The molecule has 1 amide bonds. The number of hydrogen-bond donors (Lipinski definition) is 3. The molecule has 0 aliphatic carbocycles. The van der Waals surface area contributed by atoms with E-state index in [9.17, 15) is 18.0 Å². The van der Waals surface area contributed by atoms with Gasteiger partial charge < -0.3 is 11.1 Å². The molecule has 29 heavy (non-hydrogen) atoms. The molecule has 0 saturated carbocycles. The Labute approximate surface area is 163 Å². The summed E-state index contributed by atoms with van der Waals surface area (Å²) in [5.41, 5.74) is 5.15. The summed E-state index contributed by atoms with van der Waals surface area (Å²) in [6.07, 6.45) is -1.10. The maximum atomic E-state index is 13.4. The molecule has 0 aliphatic heterocycles. The van der Waals surface area contributed by atoms with E-state index >= 15 is 0 Å². The lowest BCUT2D eigenvalue weighted by Crippen LogP contribution is -2.19. The van der Waals surface area contributed by atoms with Crippen molar-refractivity contribution in [1.82, 2.24) is 20.2 Å². The Kier molecular flexibility index (Phi) is 5.50. The van der Waals surface area contributed by atoms with Crippen molar-refractivity contribution < 1.29 is 18.0 Å². The number of amides is 1. The fraction of sp³-hybridized carbons (Fsp3) is 0.158. The monoisotopic (exact) mass is 400 g/mol. The van der Waals surface area contributed by atoms with Crippen molar-refractivity contribution in [2.75, 3.05) is 5.32 Å². The Morgan fingerprint density at radius 1 is 1.24 bits per heavy atom. The van der Waals surface area contributed by atoms with Crippen LogP contribution < -0.4 is 11.1 Å². The standard InChI is InChI=1S/C19H15F3N6O/c1-11(17(23)29)14-5-3-2-4-12(14)6-7-16-15(19(20,21)22)10-24-18(28-16)27-13-8-25-26-9-13/h2-5,8-11H,1H3,(H2,23,29)(H,25,26)(H,24,27,28). The van der Waals surface area contributed by atoms with Crippen LogP contribution in [0.4, 0.5) is 24.8 Å². The van der Waals surface area contributed by atoms with E-state index in [1.54, 1.807) is 31.2 Å². The minimum atomic E-state index is -4.68. The molecule has 0 spiro atoms. The second kappa shape index (κ2) is 8.02. The Morgan fingerprint density at radius 3 is 2.66 bits per heavy atom. The van der Waals surface area contributed by atoms with Gasteiger partial charge in [-0.2, -0.15) is 18.3 Å². The van der Waals surface area contributed by atoms with Gasteiger partial charge in [0.05, 0.1) is 17.8 Å². The van der Waals surface area contributed by atoms with Gasteiger partial charge in [0, 0.05) is 18.0 Å². The smallest absolute Gasteiger partial charge is 0.369 e. The summed E-state index contributed by atoms with van der Waals surface area (Å²) in [4.78, 5) is 19.1. The number of anilines is 2. The number of H-pyrrole nitrogens is 1. The van der Waals surface area contributed by atoms with Crippen molar-refractivity contribution >= 4 is 17.5 Å².